The van der Waals surface area contributed by atoms with Crippen LogP contribution in [-0.4, -0.2) is 48.2 Å². The molecule has 0 radical (unpaired) electrons. The molecule has 2 heterocycles. The summed E-state index contributed by atoms with van der Waals surface area (Å²) in [4.78, 5) is 21.1. The average molecular weight is 453 g/mol. The van der Waals surface area contributed by atoms with E-state index >= 15 is 0 Å². The largest absolute Gasteiger partial charge is 0.495 e. The van der Waals surface area contributed by atoms with Gasteiger partial charge < -0.3 is 19.0 Å². The van der Waals surface area contributed by atoms with Gasteiger partial charge in [0.25, 0.3) is 0 Å². The van der Waals surface area contributed by atoms with E-state index in [-0.39, 0.29) is 17.7 Å². The van der Waals surface area contributed by atoms with Crippen LogP contribution in [-0.2, 0) is 14.0 Å². The number of benzene rings is 2. The molecular formula is C23H29B2NO7. The van der Waals surface area contributed by atoms with E-state index in [4.69, 9.17) is 14.0 Å². The van der Waals surface area contributed by atoms with Gasteiger partial charge in [-0.1, -0.05) is 47.5 Å². The minimum absolute atomic E-state index is 0.312. The van der Waals surface area contributed by atoms with Crippen LogP contribution in [0.1, 0.15) is 60.8 Å². The molecule has 33 heavy (non-hydrogen) atoms. The van der Waals surface area contributed by atoms with Gasteiger partial charge in [-0.05, 0) is 58.0 Å². The maximum atomic E-state index is 11.1. The van der Waals surface area contributed by atoms with Crippen molar-refractivity contribution < 1.29 is 28.7 Å². The zero-order valence-corrected chi connectivity index (χ0v) is 19.8. The molecule has 4 rings (SSSR count). The normalized spacial score (nSPS) is 20.2. The third kappa shape index (κ3) is 5.04. The SMILES string of the molecule is Cc1cccc(C=O)c1B1OC(C)(C)C(C)(C)O1.Cc1cccc2c1B(O)OC2C[N+](=O)[O-]. The van der Waals surface area contributed by atoms with Crippen molar-refractivity contribution in [1.29, 1.82) is 0 Å². The molecule has 2 aromatic rings. The molecule has 1 N–H and O–H groups in total. The quantitative estimate of drug-likeness (QED) is 0.327. The lowest BCUT2D eigenvalue weighted by molar-refractivity contribution is -0.490. The smallest absolute Gasteiger partial charge is 0.423 e. The number of hydrogen-bond acceptors (Lipinski definition) is 7. The maximum Gasteiger partial charge on any atom is 0.495 e. The molecule has 0 aliphatic carbocycles. The highest BCUT2D eigenvalue weighted by Gasteiger charge is 2.52. The van der Waals surface area contributed by atoms with Gasteiger partial charge in [0.2, 0.25) is 6.54 Å². The summed E-state index contributed by atoms with van der Waals surface area (Å²) >= 11 is 0. The molecule has 1 atom stereocenters. The summed E-state index contributed by atoms with van der Waals surface area (Å²) in [6.45, 7) is 11.5. The van der Waals surface area contributed by atoms with Gasteiger partial charge in [0.05, 0.1) is 11.2 Å². The Morgan fingerprint density at radius 3 is 2.12 bits per heavy atom. The number of carbonyl (C=O) groups is 1. The number of nitro groups is 1. The second kappa shape index (κ2) is 9.38. The Balaban J connectivity index is 0.000000189. The van der Waals surface area contributed by atoms with Gasteiger partial charge in [0, 0.05) is 10.5 Å². The predicted molar refractivity (Wildman–Crippen MR) is 127 cm³/mol. The van der Waals surface area contributed by atoms with Crippen LogP contribution < -0.4 is 10.9 Å². The first-order valence-corrected chi connectivity index (χ1v) is 10.8. The average Bonchev–Trinajstić information content (AvgIpc) is 3.14. The second-order valence-corrected chi connectivity index (χ2v) is 9.35. The molecule has 1 unspecified atom stereocenters. The topological polar surface area (TPSA) is 108 Å². The van der Waals surface area contributed by atoms with Crippen molar-refractivity contribution in [3.05, 3.63) is 68.8 Å². The highest BCUT2D eigenvalue weighted by Crippen LogP contribution is 2.36. The van der Waals surface area contributed by atoms with Crippen molar-refractivity contribution in [3.63, 3.8) is 0 Å². The fourth-order valence-electron chi connectivity index (χ4n) is 3.98. The summed E-state index contributed by atoms with van der Waals surface area (Å²) < 4.78 is 17.1. The number of nitrogens with zero attached hydrogens (tertiary/aromatic N) is 1. The standard InChI is InChI=1S/C14H19BO3.C9H10BNO4/c1-10-7-6-8-11(9-16)12(10)15-17-13(2,3)14(4,5)18-15;1-6-3-2-4-7-8(5-11(13)14)15-10(12)9(6)7/h6-9H,1-5H3;2-4,8,12H,5H2,1H3. The van der Waals surface area contributed by atoms with Crippen LogP contribution in [0, 0.1) is 24.0 Å². The van der Waals surface area contributed by atoms with Crippen molar-refractivity contribution in [1.82, 2.24) is 0 Å². The number of aryl methyl sites for hydroxylation is 2. The molecule has 0 amide bonds. The third-order valence-electron chi connectivity index (χ3n) is 6.53. The Kier molecular flexibility index (Phi) is 7.14. The molecule has 10 heteroatoms. The van der Waals surface area contributed by atoms with Crippen LogP contribution >= 0.6 is 0 Å². The van der Waals surface area contributed by atoms with Crippen LogP contribution in [0.3, 0.4) is 0 Å². The van der Waals surface area contributed by atoms with E-state index in [0.29, 0.717) is 11.0 Å². The minimum Gasteiger partial charge on any atom is -0.423 e. The van der Waals surface area contributed by atoms with Gasteiger partial charge in [-0.15, -0.1) is 0 Å². The Bertz CT molecular complexity index is 1040. The van der Waals surface area contributed by atoms with Crippen molar-refractivity contribution in [2.75, 3.05) is 6.54 Å². The van der Waals surface area contributed by atoms with Gasteiger partial charge in [-0.3, -0.25) is 14.9 Å². The lowest BCUT2D eigenvalue weighted by Crippen LogP contribution is -2.41. The zero-order valence-electron chi connectivity index (χ0n) is 19.8. The lowest BCUT2D eigenvalue weighted by atomic mass is 9.73. The molecule has 1 fully saturated rings. The van der Waals surface area contributed by atoms with Gasteiger partial charge in [0.1, 0.15) is 12.4 Å². The molecule has 0 spiro atoms. The van der Waals surface area contributed by atoms with E-state index in [1.165, 1.54) is 0 Å². The summed E-state index contributed by atoms with van der Waals surface area (Å²) in [7, 11) is -1.51. The first-order chi connectivity index (χ1) is 15.4. The Morgan fingerprint density at radius 2 is 1.58 bits per heavy atom. The summed E-state index contributed by atoms with van der Waals surface area (Å²) in [5.74, 6) is 0. The number of carbonyl (C=O) groups excluding carboxylic acids is 1. The van der Waals surface area contributed by atoms with Crippen LogP contribution in [0.25, 0.3) is 0 Å². The van der Waals surface area contributed by atoms with Crippen molar-refractivity contribution >= 4 is 31.4 Å². The van der Waals surface area contributed by atoms with Crippen LogP contribution in [0.15, 0.2) is 36.4 Å². The zero-order chi connectivity index (χ0) is 24.6. The van der Waals surface area contributed by atoms with E-state index in [2.05, 4.69) is 0 Å². The fraction of sp³-hybridized carbons (Fsp3) is 0.435. The Hall–Kier alpha value is -2.52. The molecule has 2 aliphatic rings. The summed E-state index contributed by atoms with van der Waals surface area (Å²) in [5.41, 5.74) is 3.99. The van der Waals surface area contributed by atoms with Gasteiger partial charge in [0.15, 0.2) is 0 Å². The van der Waals surface area contributed by atoms with E-state index in [0.717, 1.165) is 28.4 Å². The van der Waals surface area contributed by atoms with E-state index in [1.807, 2.05) is 65.8 Å². The van der Waals surface area contributed by atoms with Gasteiger partial charge in [-0.25, -0.2) is 0 Å². The lowest BCUT2D eigenvalue weighted by Gasteiger charge is -2.32. The molecule has 2 aromatic carbocycles. The van der Waals surface area contributed by atoms with Crippen LogP contribution in [0.4, 0.5) is 0 Å². The summed E-state index contributed by atoms with van der Waals surface area (Å²) in [6.07, 6.45) is 0.220. The van der Waals surface area contributed by atoms with Gasteiger partial charge >= 0.3 is 14.2 Å². The molecular weight excluding hydrogens is 424 g/mol. The number of hydrogen-bond donors (Lipinski definition) is 1. The number of fused-ring (bicyclic) bond motifs is 1. The van der Waals surface area contributed by atoms with E-state index in [1.54, 1.807) is 12.1 Å². The summed E-state index contributed by atoms with van der Waals surface area (Å²) in [6, 6.07) is 11.0. The first kappa shape index (κ1) is 25.1. The Morgan fingerprint density at radius 1 is 1.03 bits per heavy atom. The monoisotopic (exact) mass is 453 g/mol. The molecule has 0 saturated carbocycles. The second-order valence-electron chi connectivity index (χ2n) is 9.35. The van der Waals surface area contributed by atoms with Crippen molar-refractivity contribution in [2.45, 2.75) is 58.8 Å². The molecule has 8 nitrogen and oxygen atoms in total. The molecule has 1 saturated heterocycles. The van der Waals surface area contributed by atoms with E-state index < -0.39 is 25.3 Å². The minimum atomic E-state index is -1.04. The molecule has 0 bridgehead atoms. The number of aldehydes is 1. The van der Waals surface area contributed by atoms with Crippen LogP contribution in [0.5, 0.6) is 0 Å². The number of rotatable bonds is 4. The van der Waals surface area contributed by atoms with Crippen molar-refractivity contribution in [2.24, 2.45) is 0 Å². The van der Waals surface area contributed by atoms with Crippen LogP contribution in [0.2, 0.25) is 0 Å². The molecule has 2 aliphatic heterocycles. The Labute approximate surface area is 194 Å². The third-order valence-corrected chi connectivity index (χ3v) is 6.53. The highest BCUT2D eigenvalue weighted by molar-refractivity contribution is 6.64. The van der Waals surface area contributed by atoms with E-state index in [9.17, 15) is 19.9 Å². The highest BCUT2D eigenvalue weighted by atomic mass is 16.7. The first-order valence-electron chi connectivity index (χ1n) is 10.8. The maximum absolute atomic E-state index is 11.1. The van der Waals surface area contributed by atoms with Gasteiger partial charge in [-0.2, -0.15) is 0 Å². The molecule has 174 valence electrons. The summed E-state index contributed by atoms with van der Waals surface area (Å²) in [5, 5.41) is 20.0. The predicted octanol–water partition coefficient (Wildman–Crippen LogP) is 2.14. The van der Waals surface area contributed by atoms with Crippen molar-refractivity contribution in [3.8, 4) is 0 Å². The molecule has 0 aromatic heterocycles. The fourth-order valence-corrected chi connectivity index (χ4v) is 3.98.